The van der Waals surface area contributed by atoms with E-state index in [4.69, 9.17) is 0 Å². The fourth-order valence-corrected chi connectivity index (χ4v) is 4.04. The SMILES string of the molecule is CN(C)CCCNC(=O)CCN1c2ccccc2Sc2ccccc21. The molecule has 5 heteroatoms. The summed E-state index contributed by atoms with van der Waals surface area (Å²) in [5.41, 5.74) is 2.37. The number of hydrogen-bond acceptors (Lipinski definition) is 4. The number of fused-ring (bicyclic) bond motifs is 2. The van der Waals surface area contributed by atoms with Crippen LogP contribution in [0.25, 0.3) is 0 Å². The van der Waals surface area contributed by atoms with Crippen LogP contribution in [0.3, 0.4) is 0 Å². The molecule has 1 aliphatic rings. The molecule has 2 aromatic rings. The van der Waals surface area contributed by atoms with E-state index in [0.717, 1.165) is 19.5 Å². The summed E-state index contributed by atoms with van der Waals surface area (Å²) >= 11 is 1.79. The highest BCUT2D eigenvalue weighted by molar-refractivity contribution is 7.99. The molecule has 1 aliphatic heterocycles. The zero-order valence-electron chi connectivity index (χ0n) is 14.9. The molecular weight excluding hydrogens is 330 g/mol. The van der Waals surface area contributed by atoms with Crippen molar-refractivity contribution >= 4 is 29.0 Å². The number of carbonyl (C=O) groups excluding carboxylic acids is 1. The molecule has 0 fully saturated rings. The first-order valence-corrected chi connectivity index (χ1v) is 9.51. The fourth-order valence-electron chi connectivity index (χ4n) is 2.95. The predicted molar refractivity (Wildman–Crippen MR) is 105 cm³/mol. The second-order valence-electron chi connectivity index (χ2n) is 6.45. The first kappa shape index (κ1) is 17.8. The van der Waals surface area contributed by atoms with Gasteiger partial charge in [-0.3, -0.25) is 4.79 Å². The van der Waals surface area contributed by atoms with E-state index in [9.17, 15) is 4.79 Å². The first-order chi connectivity index (χ1) is 12.1. The van der Waals surface area contributed by atoms with Crippen molar-refractivity contribution in [2.45, 2.75) is 22.6 Å². The number of nitrogens with zero attached hydrogens (tertiary/aromatic N) is 2. The Labute approximate surface area is 154 Å². The lowest BCUT2D eigenvalue weighted by Crippen LogP contribution is -2.31. The topological polar surface area (TPSA) is 35.6 Å². The average Bonchev–Trinajstić information content (AvgIpc) is 2.62. The monoisotopic (exact) mass is 355 g/mol. The third-order valence-electron chi connectivity index (χ3n) is 4.20. The van der Waals surface area contributed by atoms with Gasteiger partial charge in [0.15, 0.2) is 0 Å². The molecule has 0 unspecified atom stereocenters. The summed E-state index contributed by atoms with van der Waals surface area (Å²) in [6.07, 6.45) is 1.47. The van der Waals surface area contributed by atoms with Gasteiger partial charge >= 0.3 is 0 Å². The molecule has 3 rings (SSSR count). The van der Waals surface area contributed by atoms with Crippen LogP contribution in [0.1, 0.15) is 12.8 Å². The van der Waals surface area contributed by atoms with Crippen LogP contribution in [0.2, 0.25) is 0 Å². The van der Waals surface area contributed by atoms with Crippen LogP contribution >= 0.6 is 11.8 Å². The van der Waals surface area contributed by atoms with Crippen molar-refractivity contribution in [1.82, 2.24) is 10.2 Å². The fraction of sp³-hybridized carbons (Fsp3) is 0.350. The van der Waals surface area contributed by atoms with E-state index in [1.807, 2.05) is 14.1 Å². The Morgan fingerprint density at radius 3 is 2.24 bits per heavy atom. The van der Waals surface area contributed by atoms with Crippen molar-refractivity contribution < 1.29 is 4.79 Å². The second kappa shape index (κ2) is 8.41. The molecule has 132 valence electrons. The van der Waals surface area contributed by atoms with Crippen LogP contribution in [-0.4, -0.2) is 44.5 Å². The van der Waals surface area contributed by atoms with Crippen LogP contribution < -0.4 is 10.2 Å². The lowest BCUT2D eigenvalue weighted by atomic mass is 10.2. The molecule has 0 bridgehead atoms. The molecule has 1 heterocycles. The van der Waals surface area contributed by atoms with Gasteiger partial charge in [0.05, 0.1) is 11.4 Å². The van der Waals surface area contributed by atoms with Crippen molar-refractivity contribution in [3.05, 3.63) is 48.5 Å². The van der Waals surface area contributed by atoms with Crippen LogP contribution in [-0.2, 0) is 4.79 Å². The summed E-state index contributed by atoms with van der Waals surface area (Å²) in [6, 6.07) is 16.8. The van der Waals surface area contributed by atoms with E-state index in [1.165, 1.54) is 21.2 Å². The maximum atomic E-state index is 12.2. The summed E-state index contributed by atoms with van der Waals surface area (Å²) in [7, 11) is 4.09. The van der Waals surface area contributed by atoms with E-state index in [0.29, 0.717) is 13.0 Å². The highest BCUT2D eigenvalue weighted by atomic mass is 32.2. The number of nitrogens with one attached hydrogen (secondary N) is 1. The average molecular weight is 356 g/mol. The van der Waals surface area contributed by atoms with E-state index in [-0.39, 0.29) is 5.91 Å². The maximum Gasteiger partial charge on any atom is 0.221 e. The number of amides is 1. The van der Waals surface area contributed by atoms with Crippen LogP contribution in [0.15, 0.2) is 58.3 Å². The highest BCUT2D eigenvalue weighted by Crippen LogP contribution is 2.47. The second-order valence-corrected chi connectivity index (χ2v) is 7.53. The molecule has 4 nitrogen and oxygen atoms in total. The number of rotatable bonds is 7. The number of anilines is 2. The largest absolute Gasteiger partial charge is 0.356 e. The van der Waals surface area contributed by atoms with E-state index in [2.05, 4.69) is 63.6 Å². The van der Waals surface area contributed by atoms with Crippen molar-refractivity contribution in [3.8, 4) is 0 Å². The molecule has 0 saturated carbocycles. The Morgan fingerprint density at radius 1 is 1.04 bits per heavy atom. The Morgan fingerprint density at radius 2 is 1.64 bits per heavy atom. The first-order valence-electron chi connectivity index (χ1n) is 8.70. The molecule has 0 aromatic heterocycles. The van der Waals surface area contributed by atoms with Gasteiger partial charge in [0.25, 0.3) is 0 Å². The van der Waals surface area contributed by atoms with Gasteiger partial charge < -0.3 is 15.1 Å². The molecule has 1 N–H and O–H groups in total. The van der Waals surface area contributed by atoms with Crippen LogP contribution in [0, 0.1) is 0 Å². The third-order valence-corrected chi connectivity index (χ3v) is 5.33. The van der Waals surface area contributed by atoms with Gasteiger partial charge in [0.2, 0.25) is 5.91 Å². The standard InChI is InChI=1S/C20H25N3OS/c1-22(2)14-7-13-21-20(24)12-15-23-16-8-3-5-10-18(16)25-19-11-6-4-9-17(19)23/h3-6,8-11H,7,12-15H2,1-2H3,(H,21,24). The molecule has 25 heavy (non-hydrogen) atoms. The molecular formula is C20H25N3OS. The molecule has 0 atom stereocenters. The Hall–Kier alpha value is -1.98. The Bertz CT molecular complexity index is 687. The molecule has 2 aromatic carbocycles. The Balaban J connectivity index is 1.63. The van der Waals surface area contributed by atoms with Gasteiger partial charge in [0, 0.05) is 29.3 Å². The van der Waals surface area contributed by atoms with Crippen LogP contribution in [0.4, 0.5) is 11.4 Å². The summed E-state index contributed by atoms with van der Waals surface area (Å²) < 4.78 is 0. The number of para-hydroxylation sites is 2. The summed E-state index contributed by atoms with van der Waals surface area (Å²) in [5, 5.41) is 3.03. The Kier molecular flexibility index (Phi) is 6.00. The predicted octanol–water partition coefficient (Wildman–Crippen LogP) is 3.75. The zero-order chi connectivity index (χ0) is 17.6. The van der Waals surface area contributed by atoms with Gasteiger partial charge in [-0.15, -0.1) is 0 Å². The lowest BCUT2D eigenvalue weighted by molar-refractivity contribution is -0.120. The molecule has 0 saturated heterocycles. The lowest BCUT2D eigenvalue weighted by Gasteiger charge is -2.32. The third kappa shape index (κ3) is 4.55. The van der Waals surface area contributed by atoms with E-state index < -0.39 is 0 Å². The summed E-state index contributed by atoms with van der Waals surface area (Å²) in [5.74, 6) is 0.118. The maximum absolute atomic E-state index is 12.2. The minimum absolute atomic E-state index is 0.118. The number of benzene rings is 2. The van der Waals surface area contributed by atoms with Crippen molar-refractivity contribution in [2.75, 3.05) is 38.6 Å². The smallest absolute Gasteiger partial charge is 0.221 e. The zero-order valence-corrected chi connectivity index (χ0v) is 15.7. The molecule has 1 amide bonds. The number of hydrogen-bond donors (Lipinski definition) is 1. The molecule has 0 radical (unpaired) electrons. The van der Waals surface area contributed by atoms with E-state index >= 15 is 0 Å². The summed E-state index contributed by atoms with van der Waals surface area (Å²) in [6.45, 7) is 2.42. The van der Waals surface area contributed by atoms with Crippen molar-refractivity contribution in [1.29, 1.82) is 0 Å². The highest BCUT2D eigenvalue weighted by Gasteiger charge is 2.22. The van der Waals surface area contributed by atoms with Gasteiger partial charge in [-0.25, -0.2) is 0 Å². The minimum Gasteiger partial charge on any atom is -0.356 e. The van der Waals surface area contributed by atoms with Crippen molar-refractivity contribution in [3.63, 3.8) is 0 Å². The quantitative estimate of drug-likeness (QED) is 0.768. The van der Waals surface area contributed by atoms with E-state index in [1.54, 1.807) is 11.8 Å². The van der Waals surface area contributed by atoms with Gasteiger partial charge in [-0.05, 0) is 51.3 Å². The van der Waals surface area contributed by atoms with Gasteiger partial charge in [0.1, 0.15) is 0 Å². The van der Waals surface area contributed by atoms with Crippen molar-refractivity contribution in [2.24, 2.45) is 0 Å². The van der Waals surface area contributed by atoms with Crippen LogP contribution in [0.5, 0.6) is 0 Å². The number of carbonyl (C=O) groups is 1. The normalized spacial score (nSPS) is 12.7. The van der Waals surface area contributed by atoms with Gasteiger partial charge in [-0.1, -0.05) is 36.0 Å². The summed E-state index contributed by atoms with van der Waals surface area (Å²) in [4.78, 5) is 19.1. The minimum atomic E-state index is 0.118. The molecule has 0 spiro atoms. The molecule has 0 aliphatic carbocycles. The van der Waals surface area contributed by atoms with Gasteiger partial charge in [-0.2, -0.15) is 0 Å².